The average Bonchev–Trinajstić information content (AvgIpc) is 2.33. The molecule has 1 aromatic rings. The normalized spacial score (nSPS) is 9.40. The first-order chi connectivity index (χ1) is 4.75. The molecule has 1 rings (SSSR count). The molecule has 10 heavy (non-hydrogen) atoms. The molecule has 3 nitrogen and oxygen atoms in total. The van der Waals surface area contributed by atoms with Gasteiger partial charge in [-0.1, -0.05) is 11.6 Å². The Kier molecular flexibility index (Phi) is 1.97. The Morgan fingerprint density at radius 2 is 2.50 bits per heavy atom. The van der Waals surface area contributed by atoms with Crippen LogP contribution in [-0.4, -0.2) is 17.2 Å². The highest BCUT2D eigenvalue weighted by Crippen LogP contribution is 2.13. The van der Waals surface area contributed by atoms with Crippen LogP contribution in [0.1, 0.15) is 5.69 Å². The first-order valence-corrected chi connectivity index (χ1v) is 3.23. The molecule has 0 fully saturated rings. The van der Waals surface area contributed by atoms with E-state index in [0.29, 0.717) is 5.69 Å². The van der Waals surface area contributed by atoms with Gasteiger partial charge in [-0.05, 0) is 6.07 Å². The number of halogens is 1. The summed E-state index contributed by atoms with van der Waals surface area (Å²) in [6.45, 7) is 0. The Labute approximate surface area is 63.9 Å². The fourth-order valence-corrected chi connectivity index (χ4v) is 0.916. The highest BCUT2D eigenvalue weighted by molar-refractivity contribution is 6.68. The molecule has 0 amide bonds. The molecule has 3 N–H and O–H groups in total. The van der Waals surface area contributed by atoms with Crippen molar-refractivity contribution in [3.05, 3.63) is 18.0 Å². The minimum atomic E-state index is 0.0225. The van der Waals surface area contributed by atoms with E-state index >= 15 is 0 Å². The van der Waals surface area contributed by atoms with Gasteiger partial charge in [0.2, 0.25) is 0 Å². The van der Waals surface area contributed by atoms with Crippen molar-refractivity contribution in [3.8, 4) is 0 Å². The molecular weight excluding hydrogens is 150 g/mol. The van der Waals surface area contributed by atoms with Crippen LogP contribution in [0.4, 0.5) is 5.69 Å². The summed E-state index contributed by atoms with van der Waals surface area (Å²) in [4.78, 5) is 2.84. The Bertz CT molecular complexity index is 241. The molecule has 1 aromatic heterocycles. The quantitative estimate of drug-likeness (QED) is 0.562. The highest BCUT2D eigenvalue weighted by atomic mass is 35.5. The SMILES string of the molecule is CNc1cc[nH]c1C(=N)Cl. The van der Waals surface area contributed by atoms with Crippen molar-refractivity contribution in [1.29, 1.82) is 5.41 Å². The van der Waals surface area contributed by atoms with E-state index in [9.17, 15) is 0 Å². The second-order valence-corrected chi connectivity index (χ2v) is 2.21. The molecule has 0 aliphatic carbocycles. The van der Waals surface area contributed by atoms with Crippen LogP contribution in [0.2, 0.25) is 0 Å². The third-order valence-electron chi connectivity index (χ3n) is 1.24. The molecular formula is C6H8ClN3. The van der Waals surface area contributed by atoms with E-state index in [0.717, 1.165) is 5.69 Å². The molecule has 54 valence electrons. The minimum absolute atomic E-state index is 0.0225. The van der Waals surface area contributed by atoms with Gasteiger partial charge in [-0.3, -0.25) is 5.41 Å². The number of nitrogens with one attached hydrogen (secondary N) is 3. The van der Waals surface area contributed by atoms with E-state index in [2.05, 4.69) is 10.3 Å². The van der Waals surface area contributed by atoms with Gasteiger partial charge in [-0.2, -0.15) is 0 Å². The van der Waals surface area contributed by atoms with E-state index in [1.54, 1.807) is 13.2 Å². The summed E-state index contributed by atoms with van der Waals surface area (Å²) in [7, 11) is 1.78. The number of aromatic nitrogens is 1. The van der Waals surface area contributed by atoms with Gasteiger partial charge >= 0.3 is 0 Å². The summed E-state index contributed by atoms with van der Waals surface area (Å²) in [5.41, 5.74) is 1.48. The molecule has 0 saturated carbocycles. The molecule has 0 unspecified atom stereocenters. The lowest BCUT2D eigenvalue weighted by Crippen LogP contribution is -1.95. The van der Waals surface area contributed by atoms with Gasteiger partial charge in [0.25, 0.3) is 0 Å². The van der Waals surface area contributed by atoms with Gasteiger partial charge in [-0.15, -0.1) is 0 Å². The number of H-pyrrole nitrogens is 1. The molecule has 0 radical (unpaired) electrons. The monoisotopic (exact) mass is 157 g/mol. The maximum atomic E-state index is 7.09. The van der Waals surface area contributed by atoms with Crippen LogP contribution in [0.3, 0.4) is 0 Å². The number of rotatable bonds is 2. The van der Waals surface area contributed by atoms with Gasteiger partial charge < -0.3 is 10.3 Å². The molecule has 0 aliphatic heterocycles. The lowest BCUT2D eigenvalue weighted by Gasteiger charge is -1.97. The lowest BCUT2D eigenvalue weighted by molar-refractivity contribution is 1.35. The fraction of sp³-hybridized carbons (Fsp3) is 0.167. The molecule has 0 atom stereocenters. The smallest absolute Gasteiger partial charge is 0.146 e. The van der Waals surface area contributed by atoms with E-state index in [-0.39, 0.29) is 5.17 Å². The molecule has 1 heterocycles. The molecule has 0 bridgehead atoms. The fourth-order valence-electron chi connectivity index (χ4n) is 0.759. The van der Waals surface area contributed by atoms with E-state index < -0.39 is 0 Å². The summed E-state index contributed by atoms with van der Waals surface area (Å²) in [5.74, 6) is 0. The standard InChI is InChI=1S/C6H8ClN3/c1-9-4-2-3-10-5(4)6(7)8/h2-3,8-10H,1H3. The van der Waals surface area contributed by atoms with Crippen LogP contribution in [-0.2, 0) is 0 Å². The molecule has 0 aromatic carbocycles. The predicted molar refractivity (Wildman–Crippen MR) is 43.0 cm³/mol. The van der Waals surface area contributed by atoms with Crippen molar-refractivity contribution in [2.45, 2.75) is 0 Å². The van der Waals surface area contributed by atoms with Gasteiger partial charge in [0.05, 0.1) is 11.4 Å². The lowest BCUT2D eigenvalue weighted by atomic mass is 10.4. The van der Waals surface area contributed by atoms with Gasteiger partial charge in [0.15, 0.2) is 0 Å². The van der Waals surface area contributed by atoms with Crippen LogP contribution in [0, 0.1) is 5.41 Å². The van der Waals surface area contributed by atoms with Crippen molar-refractivity contribution in [3.63, 3.8) is 0 Å². The van der Waals surface area contributed by atoms with Crippen molar-refractivity contribution in [2.75, 3.05) is 12.4 Å². The summed E-state index contributed by atoms with van der Waals surface area (Å²) in [5, 5.41) is 10.0. The van der Waals surface area contributed by atoms with Gasteiger partial charge in [0.1, 0.15) is 5.17 Å². The first-order valence-electron chi connectivity index (χ1n) is 2.85. The van der Waals surface area contributed by atoms with Crippen LogP contribution in [0.15, 0.2) is 12.3 Å². The zero-order chi connectivity index (χ0) is 7.56. The van der Waals surface area contributed by atoms with Crippen molar-refractivity contribution in [2.24, 2.45) is 0 Å². The van der Waals surface area contributed by atoms with Gasteiger partial charge in [-0.25, -0.2) is 0 Å². The number of aromatic amines is 1. The van der Waals surface area contributed by atoms with Crippen molar-refractivity contribution in [1.82, 2.24) is 4.98 Å². The third kappa shape index (κ3) is 1.14. The van der Waals surface area contributed by atoms with E-state index in [4.69, 9.17) is 17.0 Å². The zero-order valence-electron chi connectivity index (χ0n) is 5.53. The van der Waals surface area contributed by atoms with Crippen LogP contribution in [0.25, 0.3) is 0 Å². The molecule has 0 aliphatic rings. The summed E-state index contributed by atoms with van der Waals surface area (Å²) in [6.07, 6.45) is 1.73. The summed E-state index contributed by atoms with van der Waals surface area (Å²) < 4.78 is 0. The topological polar surface area (TPSA) is 51.7 Å². The predicted octanol–water partition coefficient (Wildman–Crippen LogP) is 1.62. The molecule has 0 saturated heterocycles. The maximum Gasteiger partial charge on any atom is 0.146 e. The van der Waals surface area contributed by atoms with E-state index in [1.165, 1.54) is 0 Å². The zero-order valence-corrected chi connectivity index (χ0v) is 6.29. The largest absolute Gasteiger partial charge is 0.386 e. The summed E-state index contributed by atoms with van der Waals surface area (Å²) >= 11 is 5.44. The maximum absolute atomic E-state index is 7.09. The van der Waals surface area contributed by atoms with Crippen LogP contribution in [0.5, 0.6) is 0 Å². The minimum Gasteiger partial charge on any atom is -0.386 e. The molecule has 0 spiro atoms. The van der Waals surface area contributed by atoms with E-state index in [1.807, 2.05) is 6.07 Å². The van der Waals surface area contributed by atoms with Crippen molar-refractivity contribution < 1.29 is 0 Å². The van der Waals surface area contributed by atoms with Crippen LogP contribution < -0.4 is 5.32 Å². The van der Waals surface area contributed by atoms with Crippen LogP contribution >= 0.6 is 11.6 Å². The second kappa shape index (κ2) is 2.75. The molecule has 4 heteroatoms. The number of hydrogen-bond donors (Lipinski definition) is 3. The number of anilines is 1. The third-order valence-corrected chi connectivity index (χ3v) is 1.42. The Hall–Kier alpha value is -0.960. The van der Waals surface area contributed by atoms with Crippen molar-refractivity contribution >= 4 is 22.5 Å². The average molecular weight is 158 g/mol. The Morgan fingerprint density at radius 1 is 1.80 bits per heavy atom. The highest BCUT2D eigenvalue weighted by Gasteiger charge is 2.03. The Balaban J connectivity index is 3.01. The first kappa shape index (κ1) is 7.15. The number of hydrogen-bond acceptors (Lipinski definition) is 2. The Morgan fingerprint density at radius 3 is 2.90 bits per heavy atom. The summed E-state index contributed by atoms with van der Waals surface area (Å²) in [6, 6.07) is 1.83. The van der Waals surface area contributed by atoms with Gasteiger partial charge in [0, 0.05) is 13.2 Å². The second-order valence-electron chi connectivity index (χ2n) is 1.83.